The van der Waals surface area contributed by atoms with E-state index in [4.69, 9.17) is 21.1 Å². The molecule has 0 aliphatic rings. The summed E-state index contributed by atoms with van der Waals surface area (Å²) in [4.78, 5) is 26.9. The van der Waals surface area contributed by atoms with Gasteiger partial charge < -0.3 is 20.1 Å². The van der Waals surface area contributed by atoms with Crippen LogP contribution in [0, 0.1) is 0 Å². The van der Waals surface area contributed by atoms with Crippen LogP contribution in [0.25, 0.3) is 0 Å². The molecule has 0 aliphatic heterocycles. The second-order valence-corrected chi connectivity index (χ2v) is 9.57. The predicted molar refractivity (Wildman–Crippen MR) is 149 cm³/mol. The number of rotatable bonds is 9. The van der Waals surface area contributed by atoms with Crippen molar-refractivity contribution in [1.82, 2.24) is 0 Å². The molecule has 1 unspecified atom stereocenters. The zero-order valence-electron chi connectivity index (χ0n) is 20.2. The highest BCUT2D eigenvalue weighted by atomic mass is 35.5. The van der Waals surface area contributed by atoms with Crippen molar-refractivity contribution < 1.29 is 19.1 Å². The lowest BCUT2D eigenvalue weighted by molar-refractivity contribution is -0.115. The number of anilines is 2. The van der Waals surface area contributed by atoms with Gasteiger partial charge in [-0.15, -0.1) is 11.8 Å². The van der Waals surface area contributed by atoms with E-state index in [9.17, 15) is 9.59 Å². The van der Waals surface area contributed by atoms with Gasteiger partial charge in [0.15, 0.2) is 0 Å². The third-order valence-electron chi connectivity index (χ3n) is 5.46. The molecule has 2 N–H and O–H groups in total. The summed E-state index contributed by atoms with van der Waals surface area (Å²) >= 11 is 7.40. The number of ether oxygens (including phenoxy) is 2. The molecule has 4 aromatic carbocycles. The van der Waals surface area contributed by atoms with Crippen LogP contribution in [0.15, 0.2) is 102 Å². The molecule has 0 heterocycles. The van der Waals surface area contributed by atoms with Crippen molar-refractivity contribution in [2.75, 3.05) is 24.9 Å². The summed E-state index contributed by atoms with van der Waals surface area (Å²) in [6.07, 6.45) is 0. The first-order valence-corrected chi connectivity index (χ1v) is 12.6. The van der Waals surface area contributed by atoms with Crippen LogP contribution >= 0.6 is 23.4 Å². The van der Waals surface area contributed by atoms with Crippen molar-refractivity contribution in [3.8, 4) is 11.5 Å². The molecule has 0 aromatic heterocycles. The molecule has 188 valence electrons. The van der Waals surface area contributed by atoms with Gasteiger partial charge in [0.1, 0.15) is 16.7 Å². The topological polar surface area (TPSA) is 76.7 Å². The molecule has 0 bridgehead atoms. The Morgan fingerprint density at radius 2 is 1.57 bits per heavy atom. The third-order valence-corrected chi connectivity index (χ3v) is 6.96. The van der Waals surface area contributed by atoms with Crippen molar-refractivity contribution in [1.29, 1.82) is 0 Å². The lowest BCUT2D eigenvalue weighted by Gasteiger charge is -2.19. The lowest BCUT2D eigenvalue weighted by Crippen LogP contribution is -2.19. The quantitative estimate of drug-likeness (QED) is 0.225. The van der Waals surface area contributed by atoms with Gasteiger partial charge in [0.25, 0.3) is 5.91 Å². The first-order chi connectivity index (χ1) is 18.0. The van der Waals surface area contributed by atoms with Crippen molar-refractivity contribution in [3.05, 3.63) is 113 Å². The average molecular weight is 533 g/mol. The summed E-state index contributed by atoms with van der Waals surface area (Å²) in [6, 6.07) is 28.9. The summed E-state index contributed by atoms with van der Waals surface area (Å²) in [5.41, 5.74) is 2.48. The molecule has 0 spiro atoms. The number of benzene rings is 4. The second kappa shape index (κ2) is 12.3. The van der Waals surface area contributed by atoms with Crippen LogP contribution in [0.3, 0.4) is 0 Å². The zero-order chi connectivity index (χ0) is 26.2. The molecule has 2 amide bonds. The van der Waals surface area contributed by atoms with Gasteiger partial charge in [-0.05, 0) is 60.2 Å². The van der Waals surface area contributed by atoms with Crippen molar-refractivity contribution in [2.45, 2.75) is 10.1 Å². The Hall–Kier alpha value is -3.94. The minimum atomic E-state index is -0.538. The van der Waals surface area contributed by atoms with Crippen LogP contribution in [0.5, 0.6) is 11.5 Å². The number of hydrogen-bond acceptors (Lipinski definition) is 5. The van der Waals surface area contributed by atoms with Crippen LogP contribution in [0.1, 0.15) is 21.2 Å². The van der Waals surface area contributed by atoms with Gasteiger partial charge in [0, 0.05) is 27.2 Å². The minimum Gasteiger partial charge on any atom is -0.497 e. The highest BCUT2D eigenvalue weighted by Gasteiger charge is 2.23. The van der Waals surface area contributed by atoms with E-state index in [2.05, 4.69) is 10.6 Å². The Labute approximate surface area is 225 Å². The molecule has 37 heavy (non-hydrogen) atoms. The first kappa shape index (κ1) is 26.1. The minimum absolute atomic E-state index is 0.207. The Morgan fingerprint density at radius 1 is 0.811 bits per heavy atom. The van der Waals surface area contributed by atoms with Crippen molar-refractivity contribution in [3.63, 3.8) is 0 Å². The molecule has 6 nitrogen and oxygen atoms in total. The third kappa shape index (κ3) is 6.84. The van der Waals surface area contributed by atoms with Gasteiger partial charge >= 0.3 is 0 Å². The highest BCUT2D eigenvalue weighted by Crippen LogP contribution is 2.38. The summed E-state index contributed by atoms with van der Waals surface area (Å²) < 4.78 is 10.7. The number of thioether (sulfide) groups is 1. The van der Waals surface area contributed by atoms with Crippen LogP contribution in [0.2, 0.25) is 5.02 Å². The molecular formula is C29H25ClN2O4S. The first-order valence-electron chi connectivity index (χ1n) is 11.4. The number of carbonyl (C=O) groups is 2. The summed E-state index contributed by atoms with van der Waals surface area (Å²) in [5, 5.41) is 5.81. The maximum absolute atomic E-state index is 13.5. The smallest absolute Gasteiger partial charge is 0.255 e. The van der Waals surface area contributed by atoms with E-state index in [1.54, 1.807) is 68.8 Å². The number of nitrogens with one attached hydrogen (secondary N) is 2. The molecule has 0 aliphatic carbocycles. The SMILES string of the molecule is COc1ccc(OC)c(NC(=O)C(Sc2ccc(NC(=O)c3cccc(Cl)c3)cc2)c2ccccc2)c1. The fourth-order valence-electron chi connectivity index (χ4n) is 3.60. The van der Waals surface area contributed by atoms with Crippen LogP contribution < -0.4 is 20.1 Å². The number of hydrogen-bond donors (Lipinski definition) is 2. The molecular weight excluding hydrogens is 508 g/mol. The van der Waals surface area contributed by atoms with Crippen LogP contribution in [-0.4, -0.2) is 26.0 Å². The maximum atomic E-state index is 13.5. The lowest BCUT2D eigenvalue weighted by atomic mass is 10.1. The normalized spacial score (nSPS) is 11.3. The van der Waals surface area contributed by atoms with Crippen LogP contribution in [-0.2, 0) is 4.79 Å². The molecule has 4 rings (SSSR count). The molecule has 0 saturated carbocycles. The Kier molecular flexibility index (Phi) is 8.72. The van der Waals surface area contributed by atoms with E-state index in [0.29, 0.717) is 33.5 Å². The average Bonchev–Trinajstić information content (AvgIpc) is 2.93. The van der Waals surface area contributed by atoms with Crippen molar-refractivity contribution >= 4 is 46.6 Å². The molecule has 1 atom stereocenters. The zero-order valence-corrected chi connectivity index (χ0v) is 21.8. The number of amides is 2. The Balaban J connectivity index is 1.52. The van der Waals surface area contributed by atoms with Gasteiger partial charge in [-0.1, -0.05) is 48.0 Å². The fraction of sp³-hybridized carbons (Fsp3) is 0.103. The fourth-order valence-corrected chi connectivity index (χ4v) is 4.81. The second-order valence-electron chi connectivity index (χ2n) is 7.95. The van der Waals surface area contributed by atoms with E-state index in [1.807, 2.05) is 42.5 Å². The van der Waals surface area contributed by atoms with E-state index in [0.717, 1.165) is 10.5 Å². The highest BCUT2D eigenvalue weighted by molar-refractivity contribution is 8.00. The standard InChI is InChI=1S/C29H25ClN2O4S/c1-35-23-13-16-26(36-2)25(18-23)32-29(34)27(19-7-4-3-5-8-19)37-24-14-11-22(12-15-24)31-28(33)20-9-6-10-21(30)17-20/h3-18,27H,1-2H3,(H,31,33)(H,32,34). The summed E-state index contributed by atoms with van der Waals surface area (Å²) in [5.74, 6) is 0.680. The Bertz CT molecular complexity index is 1380. The van der Waals surface area contributed by atoms with E-state index in [-0.39, 0.29) is 11.8 Å². The van der Waals surface area contributed by atoms with Crippen molar-refractivity contribution in [2.24, 2.45) is 0 Å². The monoisotopic (exact) mass is 532 g/mol. The number of halogens is 1. The molecule has 0 saturated heterocycles. The van der Waals surface area contributed by atoms with Gasteiger partial charge in [0.05, 0.1) is 19.9 Å². The maximum Gasteiger partial charge on any atom is 0.255 e. The Morgan fingerprint density at radius 3 is 2.24 bits per heavy atom. The van der Waals surface area contributed by atoms with E-state index >= 15 is 0 Å². The number of methoxy groups -OCH3 is 2. The molecule has 4 aromatic rings. The summed E-state index contributed by atoms with van der Waals surface area (Å²) in [7, 11) is 3.12. The van der Waals surface area contributed by atoms with Gasteiger partial charge in [-0.25, -0.2) is 0 Å². The van der Waals surface area contributed by atoms with Gasteiger partial charge in [0.2, 0.25) is 5.91 Å². The van der Waals surface area contributed by atoms with E-state index in [1.165, 1.54) is 11.8 Å². The number of carbonyl (C=O) groups excluding carboxylic acids is 2. The summed E-state index contributed by atoms with van der Waals surface area (Å²) in [6.45, 7) is 0. The van der Waals surface area contributed by atoms with Crippen LogP contribution in [0.4, 0.5) is 11.4 Å². The molecule has 8 heteroatoms. The molecule has 0 radical (unpaired) electrons. The largest absolute Gasteiger partial charge is 0.497 e. The molecule has 0 fully saturated rings. The van der Waals surface area contributed by atoms with E-state index < -0.39 is 5.25 Å². The van der Waals surface area contributed by atoms with Gasteiger partial charge in [-0.3, -0.25) is 9.59 Å². The predicted octanol–water partition coefficient (Wildman–Crippen LogP) is 7.08. The van der Waals surface area contributed by atoms with Gasteiger partial charge in [-0.2, -0.15) is 0 Å².